The van der Waals surface area contributed by atoms with Crippen molar-refractivity contribution in [3.05, 3.63) is 53.1 Å². The van der Waals surface area contributed by atoms with Crippen molar-refractivity contribution in [1.29, 1.82) is 5.26 Å². The molecule has 0 saturated heterocycles. The summed E-state index contributed by atoms with van der Waals surface area (Å²) in [5.41, 5.74) is 0.343. The largest absolute Gasteiger partial charge is 0.490 e. The molecule has 5 nitrogen and oxygen atoms in total. The first-order chi connectivity index (χ1) is 10.5. The highest BCUT2D eigenvalue weighted by Gasteiger charge is 2.19. The maximum Gasteiger partial charge on any atom is 0.339 e. The molecule has 0 aliphatic carbocycles. The molecule has 2 aromatic rings. The van der Waals surface area contributed by atoms with Gasteiger partial charge in [0, 0.05) is 11.1 Å². The van der Waals surface area contributed by atoms with E-state index >= 15 is 0 Å². The maximum absolute atomic E-state index is 12.3. The molecule has 0 amide bonds. The number of hydrogen-bond donors (Lipinski definition) is 0. The van der Waals surface area contributed by atoms with Gasteiger partial charge < -0.3 is 8.92 Å². The fourth-order valence-corrected chi connectivity index (χ4v) is 2.95. The van der Waals surface area contributed by atoms with Crippen molar-refractivity contribution in [1.82, 2.24) is 0 Å². The van der Waals surface area contributed by atoms with Crippen LogP contribution in [0.4, 0.5) is 0 Å². The molecule has 0 atom stereocenters. The Bertz CT molecular complexity index is 828. The summed E-state index contributed by atoms with van der Waals surface area (Å²) in [5.74, 6) is 0.202. The summed E-state index contributed by atoms with van der Waals surface area (Å²) in [5, 5.41) is 9.17. The van der Waals surface area contributed by atoms with E-state index in [1.54, 1.807) is 13.0 Å². The second-order valence-electron chi connectivity index (χ2n) is 4.20. The summed E-state index contributed by atoms with van der Waals surface area (Å²) < 4.78 is 35.0. The van der Waals surface area contributed by atoms with Crippen molar-refractivity contribution in [2.75, 3.05) is 6.61 Å². The van der Waals surface area contributed by atoms with Crippen molar-refractivity contribution in [3.63, 3.8) is 0 Å². The highest BCUT2D eigenvalue weighted by Crippen LogP contribution is 2.31. The van der Waals surface area contributed by atoms with E-state index in [0.29, 0.717) is 12.2 Å². The zero-order chi connectivity index (χ0) is 16.2. The van der Waals surface area contributed by atoms with Crippen LogP contribution in [0.1, 0.15) is 12.5 Å². The minimum absolute atomic E-state index is 0.0147. The monoisotopic (exact) mass is 337 g/mol. The number of benzene rings is 2. The van der Waals surface area contributed by atoms with Gasteiger partial charge in [-0.2, -0.15) is 13.7 Å². The van der Waals surface area contributed by atoms with Gasteiger partial charge in [-0.3, -0.25) is 0 Å². The Morgan fingerprint density at radius 3 is 2.59 bits per heavy atom. The van der Waals surface area contributed by atoms with E-state index in [1.807, 2.05) is 6.07 Å². The third-order valence-electron chi connectivity index (χ3n) is 2.66. The standard InChI is InChI=1S/C15H12ClNO4S/c1-2-20-15-8-11(10-17)6-7-14(15)21-22(18,19)13-5-3-4-12(16)9-13/h3-9H,2H2,1H3. The van der Waals surface area contributed by atoms with E-state index in [4.69, 9.17) is 25.8 Å². The van der Waals surface area contributed by atoms with E-state index in [0.717, 1.165) is 0 Å². The van der Waals surface area contributed by atoms with Crippen molar-refractivity contribution in [3.8, 4) is 17.6 Å². The highest BCUT2D eigenvalue weighted by molar-refractivity contribution is 7.87. The lowest BCUT2D eigenvalue weighted by Gasteiger charge is -2.12. The summed E-state index contributed by atoms with van der Waals surface area (Å²) >= 11 is 5.79. The zero-order valence-electron chi connectivity index (χ0n) is 11.6. The lowest BCUT2D eigenvalue weighted by Crippen LogP contribution is -2.10. The Morgan fingerprint density at radius 1 is 1.18 bits per heavy atom. The third-order valence-corrected chi connectivity index (χ3v) is 4.12. The fourth-order valence-electron chi connectivity index (χ4n) is 1.70. The van der Waals surface area contributed by atoms with Crippen molar-refractivity contribution in [2.45, 2.75) is 11.8 Å². The average molecular weight is 338 g/mol. The first-order valence-electron chi connectivity index (χ1n) is 6.33. The maximum atomic E-state index is 12.3. The topological polar surface area (TPSA) is 76.4 Å². The van der Waals surface area contributed by atoms with Crippen molar-refractivity contribution in [2.24, 2.45) is 0 Å². The normalized spacial score (nSPS) is 10.8. The van der Waals surface area contributed by atoms with Crippen LogP contribution in [-0.4, -0.2) is 15.0 Å². The van der Waals surface area contributed by atoms with Crippen molar-refractivity contribution >= 4 is 21.7 Å². The zero-order valence-corrected chi connectivity index (χ0v) is 13.2. The minimum atomic E-state index is -4.04. The molecule has 0 unspecified atom stereocenters. The van der Waals surface area contributed by atoms with Gasteiger partial charge in [0.1, 0.15) is 4.90 Å². The molecule has 0 aliphatic heterocycles. The smallest absolute Gasteiger partial charge is 0.339 e. The number of hydrogen-bond acceptors (Lipinski definition) is 5. The molecule has 0 aromatic heterocycles. The van der Waals surface area contributed by atoms with Crippen LogP contribution < -0.4 is 8.92 Å². The van der Waals surface area contributed by atoms with Crippen LogP contribution in [0.5, 0.6) is 11.5 Å². The summed E-state index contributed by atoms with van der Waals surface area (Å²) in [7, 11) is -4.04. The lowest BCUT2D eigenvalue weighted by atomic mass is 10.2. The average Bonchev–Trinajstić information content (AvgIpc) is 2.49. The number of ether oxygens (including phenoxy) is 1. The van der Waals surface area contributed by atoms with E-state index in [-0.39, 0.29) is 21.4 Å². The summed E-state index contributed by atoms with van der Waals surface area (Å²) in [6.07, 6.45) is 0. The summed E-state index contributed by atoms with van der Waals surface area (Å²) in [6, 6.07) is 12.0. The molecule has 22 heavy (non-hydrogen) atoms. The van der Waals surface area contributed by atoms with Gasteiger partial charge in [0.25, 0.3) is 0 Å². The van der Waals surface area contributed by atoms with Gasteiger partial charge in [-0.1, -0.05) is 17.7 Å². The predicted molar refractivity (Wildman–Crippen MR) is 81.6 cm³/mol. The SMILES string of the molecule is CCOc1cc(C#N)ccc1OS(=O)(=O)c1cccc(Cl)c1. The molecule has 0 fully saturated rings. The molecule has 0 N–H and O–H groups in total. The molecule has 0 heterocycles. The Kier molecular flexibility index (Phi) is 4.91. The van der Waals surface area contributed by atoms with Crippen LogP contribution >= 0.6 is 11.6 Å². The minimum Gasteiger partial charge on any atom is -0.490 e. The molecule has 0 aliphatic rings. The number of nitrogens with zero attached hydrogens (tertiary/aromatic N) is 1. The Morgan fingerprint density at radius 2 is 1.95 bits per heavy atom. The molecule has 0 bridgehead atoms. The number of rotatable bonds is 5. The van der Waals surface area contributed by atoms with Gasteiger partial charge in [-0.15, -0.1) is 0 Å². The molecule has 2 rings (SSSR count). The molecular weight excluding hydrogens is 326 g/mol. The highest BCUT2D eigenvalue weighted by atomic mass is 35.5. The van der Waals surface area contributed by atoms with Crippen LogP contribution in [0, 0.1) is 11.3 Å². The molecular formula is C15H12ClNO4S. The number of halogens is 1. The first kappa shape index (κ1) is 16.1. The quantitative estimate of drug-likeness (QED) is 0.782. The fraction of sp³-hybridized carbons (Fsp3) is 0.133. The van der Waals surface area contributed by atoms with Gasteiger partial charge in [0.2, 0.25) is 0 Å². The van der Waals surface area contributed by atoms with Crippen LogP contribution in [0.3, 0.4) is 0 Å². The van der Waals surface area contributed by atoms with Gasteiger partial charge in [0.05, 0.1) is 18.2 Å². The van der Waals surface area contributed by atoms with Gasteiger partial charge >= 0.3 is 10.1 Å². The first-order valence-corrected chi connectivity index (χ1v) is 8.12. The van der Waals surface area contributed by atoms with E-state index in [1.165, 1.54) is 36.4 Å². The van der Waals surface area contributed by atoms with E-state index < -0.39 is 10.1 Å². The Labute approximate surface area is 133 Å². The van der Waals surface area contributed by atoms with E-state index in [2.05, 4.69) is 0 Å². The molecule has 114 valence electrons. The second kappa shape index (κ2) is 6.69. The van der Waals surface area contributed by atoms with E-state index in [9.17, 15) is 8.42 Å². The van der Waals surface area contributed by atoms with Crippen LogP contribution in [0.2, 0.25) is 5.02 Å². The van der Waals surface area contributed by atoms with Crippen LogP contribution in [0.25, 0.3) is 0 Å². The van der Waals surface area contributed by atoms with Crippen LogP contribution in [0.15, 0.2) is 47.4 Å². The Hall–Kier alpha value is -2.23. The molecule has 0 radical (unpaired) electrons. The predicted octanol–water partition coefficient (Wildman–Crippen LogP) is 3.38. The Balaban J connectivity index is 2.39. The van der Waals surface area contributed by atoms with Gasteiger partial charge in [0.15, 0.2) is 11.5 Å². The molecule has 0 spiro atoms. The molecule has 7 heteroatoms. The van der Waals surface area contributed by atoms with Gasteiger partial charge in [-0.25, -0.2) is 0 Å². The van der Waals surface area contributed by atoms with Gasteiger partial charge in [-0.05, 0) is 37.3 Å². The second-order valence-corrected chi connectivity index (χ2v) is 6.18. The number of nitriles is 1. The molecule has 2 aromatic carbocycles. The third kappa shape index (κ3) is 3.70. The van der Waals surface area contributed by atoms with Crippen molar-refractivity contribution < 1.29 is 17.3 Å². The molecule has 0 saturated carbocycles. The van der Waals surface area contributed by atoms with Crippen LogP contribution in [-0.2, 0) is 10.1 Å². The summed E-state index contributed by atoms with van der Waals surface area (Å²) in [6.45, 7) is 2.05. The summed E-state index contributed by atoms with van der Waals surface area (Å²) in [4.78, 5) is -0.0631. The lowest BCUT2D eigenvalue weighted by molar-refractivity contribution is 0.327.